The van der Waals surface area contributed by atoms with E-state index in [4.69, 9.17) is 12.2 Å². The predicted octanol–water partition coefficient (Wildman–Crippen LogP) is 2.55. The first-order chi connectivity index (χ1) is 8.30. The first kappa shape index (κ1) is 12.6. The minimum absolute atomic E-state index is 0.0161. The van der Waals surface area contributed by atoms with Gasteiger partial charge < -0.3 is 0 Å². The van der Waals surface area contributed by atoms with Gasteiger partial charge in [0.2, 0.25) is 4.77 Å². The average Bonchev–Trinajstić information content (AvgIpc) is 2.58. The lowest BCUT2D eigenvalue weighted by molar-refractivity contribution is -0.137. The first-order valence-corrected chi connectivity index (χ1v) is 5.29. The van der Waals surface area contributed by atoms with E-state index >= 15 is 0 Å². The molecule has 18 heavy (non-hydrogen) atoms. The zero-order valence-electron chi connectivity index (χ0n) is 9.13. The lowest BCUT2D eigenvalue weighted by Crippen LogP contribution is -2.17. The Bertz CT molecular complexity index is 668. The molecule has 2 rings (SSSR count). The number of nitrogens with zero attached hydrogens (tertiary/aromatic N) is 1. The van der Waals surface area contributed by atoms with Gasteiger partial charge in [0.25, 0.3) is 0 Å². The third-order valence-corrected chi connectivity index (χ3v) is 2.74. The van der Waals surface area contributed by atoms with Gasteiger partial charge in [0.15, 0.2) is 0 Å². The van der Waals surface area contributed by atoms with Crippen LogP contribution in [0.3, 0.4) is 0 Å². The van der Waals surface area contributed by atoms with E-state index in [1.54, 1.807) is 6.92 Å². The summed E-state index contributed by atoms with van der Waals surface area (Å²) < 4.78 is 38.8. The number of H-pyrrole nitrogens is 2. The van der Waals surface area contributed by atoms with Crippen molar-refractivity contribution < 1.29 is 13.2 Å². The molecule has 8 heteroatoms. The Labute approximate surface area is 104 Å². The number of halogens is 3. The summed E-state index contributed by atoms with van der Waals surface area (Å²) in [7, 11) is 0. The third-order valence-electron chi connectivity index (χ3n) is 2.46. The maximum atomic E-state index is 12.6. The van der Waals surface area contributed by atoms with Crippen LogP contribution in [0.4, 0.5) is 13.2 Å². The zero-order valence-corrected chi connectivity index (χ0v) is 9.95. The van der Waals surface area contributed by atoms with Crippen molar-refractivity contribution in [3.8, 4) is 5.69 Å². The predicted molar refractivity (Wildman–Crippen MR) is 61.3 cm³/mol. The molecule has 0 spiro atoms. The Hall–Kier alpha value is -1.83. The largest absolute Gasteiger partial charge is 0.416 e. The molecule has 0 aliphatic rings. The van der Waals surface area contributed by atoms with Gasteiger partial charge in [-0.25, -0.2) is 14.5 Å². The van der Waals surface area contributed by atoms with Crippen molar-refractivity contribution in [3.63, 3.8) is 0 Å². The summed E-state index contributed by atoms with van der Waals surface area (Å²) >= 11 is 4.85. The van der Waals surface area contributed by atoms with Gasteiger partial charge in [-0.15, -0.1) is 0 Å². The number of aryl methyl sites for hydroxylation is 1. The molecule has 0 amide bonds. The number of aromatic amines is 2. The summed E-state index contributed by atoms with van der Waals surface area (Å²) in [6.07, 6.45) is -4.46. The SMILES string of the molecule is Cc1ccc(C(F)(F)F)cc1-n1c(=O)[nH][nH]c1=S. The van der Waals surface area contributed by atoms with E-state index < -0.39 is 17.4 Å². The number of aromatic nitrogens is 3. The van der Waals surface area contributed by atoms with Gasteiger partial charge >= 0.3 is 11.9 Å². The Morgan fingerprint density at radius 3 is 2.44 bits per heavy atom. The fourth-order valence-corrected chi connectivity index (χ4v) is 1.79. The molecule has 0 fully saturated rings. The molecule has 2 N–H and O–H groups in total. The van der Waals surface area contributed by atoms with E-state index in [1.807, 2.05) is 0 Å². The van der Waals surface area contributed by atoms with Crippen molar-refractivity contribution in [2.45, 2.75) is 13.1 Å². The van der Waals surface area contributed by atoms with Crippen LogP contribution in [0.5, 0.6) is 0 Å². The molecule has 0 unspecified atom stereocenters. The molecule has 2 aromatic rings. The summed E-state index contributed by atoms with van der Waals surface area (Å²) in [5.41, 5.74) is -0.811. The van der Waals surface area contributed by atoms with Crippen LogP contribution in [0.1, 0.15) is 11.1 Å². The average molecular weight is 275 g/mol. The number of nitrogens with one attached hydrogen (secondary N) is 2. The molecule has 0 radical (unpaired) electrons. The standard InChI is InChI=1S/C10H8F3N3OS/c1-5-2-3-6(10(11,12)13)4-7(5)16-8(17)14-15-9(16)18/h2-4H,1H3,(H,14,17)(H,15,18). The molecule has 0 atom stereocenters. The van der Waals surface area contributed by atoms with Gasteiger partial charge in [0.1, 0.15) is 0 Å². The Morgan fingerprint density at radius 1 is 1.28 bits per heavy atom. The summed E-state index contributed by atoms with van der Waals surface area (Å²) in [5.74, 6) is 0. The number of hydrogen-bond donors (Lipinski definition) is 2. The van der Waals surface area contributed by atoms with E-state index in [2.05, 4.69) is 10.2 Å². The van der Waals surface area contributed by atoms with Crippen LogP contribution in [0.25, 0.3) is 5.69 Å². The quantitative estimate of drug-likeness (QED) is 0.786. The molecule has 0 bridgehead atoms. The van der Waals surface area contributed by atoms with Crippen molar-refractivity contribution in [1.82, 2.24) is 14.8 Å². The molecule has 0 saturated heterocycles. The van der Waals surface area contributed by atoms with Crippen LogP contribution in [0.2, 0.25) is 0 Å². The number of benzene rings is 1. The smallest absolute Gasteiger partial charge is 0.272 e. The maximum absolute atomic E-state index is 12.6. The molecule has 4 nitrogen and oxygen atoms in total. The van der Waals surface area contributed by atoms with E-state index in [1.165, 1.54) is 6.07 Å². The van der Waals surface area contributed by atoms with E-state index in [0.29, 0.717) is 5.56 Å². The summed E-state index contributed by atoms with van der Waals surface area (Å²) in [4.78, 5) is 11.5. The Kier molecular flexibility index (Phi) is 2.89. The second-order valence-corrected chi connectivity index (χ2v) is 4.08. The maximum Gasteiger partial charge on any atom is 0.416 e. The summed E-state index contributed by atoms with van der Waals surface area (Å²) in [6, 6.07) is 3.16. The van der Waals surface area contributed by atoms with Crippen molar-refractivity contribution in [2.24, 2.45) is 0 Å². The first-order valence-electron chi connectivity index (χ1n) is 4.88. The number of rotatable bonds is 1. The molecule has 96 valence electrons. The van der Waals surface area contributed by atoms with Crippen molar-refractivity contribution in [1.29, 1.82) is 0 Å². The highest BCUT2D eigenvalue weighted by Gasteiger charge is 2.31. The van der Waals surface area contributed by atoms with Crippen LogP contribution in [0, 0.1) is 11.7 Å². The van der Waals surface area contributed by atoms with Gasteiger partial charge in [-0.1, -0.05) is 6.07 Å². The van der Waals surface area contributed by atoms with E-state index in [-0.39, 0.29) is 10.5 Å². The van der Waals surface area contributed by atoms with Crippen molar-refractivity contribution in [3.05, 3.63) is 44.6 Å². The van der Waals surface area contributed by atoms with Gasteiger partial charge in [0.05, 0.1) is 11.3 Å². The third kappa shape index (κ3) is 2.10. The topological polar surface area (TPSA) is 53.6 Å². The van der Waals surface area contributed by atoms with Crippen LogP contribution >= 0.6 is 12.2 Å². The second kappa shape index (κ2) is 4.13. The minimum atomic E-state index is -4.46. The molecule has 0 saturated carbocycles. The molecule has 1 heterocycles. The van der Waals surface area contributed by atoms with Crippen LogP contribution in [0.15, 0.2) is 23.0 Å². The van der Waals surface area contributed by atoms with Gasteiger partial charge in [-0.05, 0) is 36.8 Å². The fraction of sp³-hybridized carbons (Fsp3) is 0.200. The van der Waals surface area contributed by atoms with Crippen molar-refractivity contribution >= 4 is 12.2 Å². The number of alkyl halides is 3. The number of hydrogen-bond acceptors (Lipinski definition) is 2. The van der Waals surface area contributed by atoms with Crippen molar-refractivity contribution in [2.75, 3.05) is 0 Å². The van der Waals surface area contributed by atoms with Crippen LogP contribution in [-0.2, 0) is 6.18 Å². The van der Waals surface area contributed by atoms with Gasteiger partial charge in [-0.3, -0.25) is 5.10 Å². The lowest BCUT2D eigenvalue weighted by Gasteiger charge is -2.11. The van der Waals surface area contributed by atoms with Gasteiger partial charge in [0, 0.05) is 0 Å². The second-order valence-electron chi connectivity index (χ2n) is 3.69. The monoisotopic (exact) mass is 275 g/mol. The van der Waals surface area contributed by atoms with Gasteiger partial charge in [-0.2, -0.15) is 13.2 Å². The molecule has 1 aromatic carbocycles. The molecular weight excluding hydrogens is 267 g/mol. The molecule has 1 aromatic heterocycles. The van der Waals surface area contributed by atoms with E-state index in [0.717, 1.165) is 16.7 Å². The van der Waals surface area contributed by atoms with E-state index in [9.17, 15) is 18.0 Å². The molecule has 0 aliphatic heterocycles. The normalized spacial score (nSPS) is 11.8. The van der Waals surface area contributed by atoms with Crippen LogP contribution < -0.4 is 5.69 Å². The summed E-state index contributed by atoms with van der Waals surface area (Å²) in [5, 5.41) is 4.60. The Morgan fingerprint density at radius 2 is 1.94 bits per heavy atom. The summed E-state index contributed by atoms with van der Waals surface area (Å²) in [6.45, 7) is 1.60. The minimum Gasteiger partial charge on any atom is -0.272 e. The highest BCUT2D eigenvalue weighted by Crippen LogP contribution is 2.31. The highest BCUT2D eigenvalue weighted by atomic mass is 32.1. The fourth-order valence-electron chi connectivity index (χ4n) is 1.56. The lowest BCUT2D eigenvalue weighted by atomic mass is 10.1. The van der Waals surface area contributed by atoms with Crippen LogP contribution in [-0.4, -0.2) is 14.8 Å². The zero-order chi connectivity index (χ0) is 13.5. The Balaban J connectivity index is 2.73. The molecular formula is C10H8F3N3OS. The highest BCUT2D eigenvalue weighted by molar-refractivity contribution is 7.71. The molecule has 0 aliphatic carbocycles.